The molecule has 1 aliphatic heterocycles. The van der Waals surface area contributed by atoms with Crippen molar-refractivity contribution in [3.63, 3.8) is 0 Å². The van der Waals surface area contributed by atoms with E-state index in [4.69, 9.17) is 4.74 Å². The van der Waals surface area contributed by atoms with Crippen molar-refractivity contribution in [1.29, 1.82) is 0 Å². The number of para-hydroxylation sites is 1. The van der Waals surface area contributed by atoms with Crippen LogP contribution in [0.15, 0.2) is 35.8 Å². The number of benzene rings is 1. The zero-order valence-corrected chi connectivity index (χ0v) is 8.83. The minimum atomic E-state index is 0.229. The fraction of sp³-hybridized carbons (Fsp3) is 0.182. The molecule has 0 spiro atoms. The molecule has 0 fully saturated rings. The molecule has 0 saturated carbocycles. The Morgan fingerprint density at radius 2 is 2.33 bits per heavy atom. The predicted molar refractivity (Wildman–Crippen MR) is 60.4 cm³/mol. The van der Waals surface area contributed by atoms with Crippen LogP contribution in [0.3, 0.4) is 0 Å². The van der Waals surface area contributed by atoms with Crippen molar-refractivity contribution in [3.05, 3.63) is 41.4 Å². The van der Waals surface area contributed by atoms with Gasteiger partial charge < -0.3 is 10.1 Å². The molecule has 2 aromatic rings. The molecule has 0 bridgehead atoms. The van der Waals surface area contributed by atoms with Gasteiger partial charge >= 0.3 is 0 Å². The molecule has 0 amide bonds. The van der Waals surface area contributed by atoms with Gasteiger partial charge in [-0.25, -0.2) is 4.98 Å². The molecule has 1 aliphatic rings. The van der Waals surface area contributed by atoms with Gasteiger partial charge in [-0.05, 0) is 6.07 Å². The third-order valence-electron chi connectivity index (χ3n) is 2.43. The number of nitrogens with zero attached hydrogens (tertiary/aromatic N) is 1. The Bertz CT molecular complexity index is 455. The molecule has 1 aromatic heterocycles. The number of aromatic nitrogens is 1. The summed E-state index contributed by atoms with van der Waals surface area (Å²) in [6.07, 6.45) is 1.80. The van der Waals surface area contributed by atoms with Crippen molar-refractivity contribution in [1.82, 2.24) is 4.98 Å². The van der Waals surface area contributed by atoms with Gasteiger partial charge in [0.05, 0.1) is 6.04 Å². The monoisotopic (exact) mass is 218 g/mol. The van der Waals surface area contributed by atoms with Gasteiger partial charge in [-0.1, -0.05) is 18.2 Å². The smallest absolute Gasteiger partial charge is 0.183 e. The normalized spacial score (nSPS) is 18.3. The first-order valence-electron chi connectivity index (χ1n) is 4.81. The van der Waals surface area contributed by atoms with E-state index in [1.54, 1.807) is 17.5 Å². The van der Waals surface area contributed by atoms with Crippen LogP contribution < -0.4 is 10.1 Å². The van der Waals surface area contributed by atoms with Crippen molar-refractivity contribution in [2.75, 3.05) is 11.9 Å². The number of hydrogen-bond acceptors (Lipinski definition) is 4. The summed E-state index contributed by atoms with van der Waals surface area (Å²) in [6.45, 7) is 0.679. The zero-order chi connectivity index (χ0) is 10.1. The molecule has 3 rings (SSSR count). The molecular weight excluding hydrogens is 208 g/mol. The summed E-state index contributed by atoms with van der Waals surface area (Å²) in [5.74, 6) is 0.978. The molecule has 2 heterocycles. The summed E-state index contributed by atoms with van der Waals surface area (Å²) < 4.78 is 5.57. The summed E-state index contributed by atoms with van der Waals surface area (Å²) in [4.78, 5) is 4.20. The van der Waals surface area contributed by atoms with E-state index in [-0.39, 0.29) is 6.04 Å². The average Bonchev–Trinajstić information content (AvgIpc) is 2.89. The third-order valence-corrected chi connectivity index (χ3v) is 3.13. The number of anilines is 1. The lowest BCUT2D eigenvalue weighted by molar-refractivity contribution is 0.340. The summed E-state index contributed by atoms with van der Waals surface area (Å²) in [6, 6.07) is 8.34. The maximum Gasteiger partial charge on any atom is 0.183 e. The molecule has 76 valence electrons. The van der Waals surface area contributed by atoms with Crippen molar-refractivity contribution >= 4 is 16.5 Å². The van der Waals surface area contributed by atoms with Crippen LogP contribution in [0, 0.1) is 0 Å². The van der Waals surface area contributed by atoms with Crippen LogP contribution in [0.2, 0.25) is 0 Å². The maximum absolute atomic E-state index is 5.57. The third kappa shape index (κ3) is 1.57. The van der Waals surface area contributed by atoms with Crippen LogP contribution in [0.1, 0.15) is 11.6 Å². The molecule has 1 aromatic carbocycles. The van der Waals surface area contributed by atoms with E-state index in [1.807, 2.05) is 23.6 Å². The number of thiazole rings is 1. The first-order valence-corrected chi connectivity index (χ1v) is 5.69. The maximum atomic E-state index is 5.57. The molecule has 15 heavy (non-hydrogen) atoms. The van der Waals surface area contributed by atoms with Gasteiger partial charge in [0.15, 0.2) is 5.13 Å². The molecular formula is C11H10N2OS. The minimum absolute atomic E-state index is 0.229. The lowest BCUT2D eigenvalue weighted by Gasteiger charge is -2.09. The van der Waals surface area contributed by atoms with Gasteiger partial charge in [-0.3, -0.25) is 0 Å². The molecule has 0 radical (unpaired) electrons. The Balaban J connectivity index is 1.85. The summed E-state index contributed by atoms with van der Waals surface area (Å²) in [5.41, 5.74) is 1.22. The van der Waals surface area contributed by atoms with E-state index >= 15 is 0 Å². The molecule has 0 saturated heterocycles. The number of fused-ring (bicyclic) bond motifs is 1. The SMILES string of the molecule is c1ccc2c(c1)OCC2Nc1nccs1. The highest BCUT2D eigenvalue weighted by atomic mass is 32.1. The quantitative estimate of drug-likeness (QED) is 0.841. The highest BCUT2D eigenvalue weighted by Gasteiger charge is 2.23. The van der Waals surface area contributed by atoms with Gasteiger partial charge in [0.1, 0.15) is 12.4 Å². The van der Waals surface area contributed by atoms with E-state index in [9.17, 15) is 0 Å². The molecule has 1 N–H and O–H groups in total. The topological polar surface area (TPSA) is 34.1 Å². The second-order valence-corrected chi connectivity index (χ2v) is 4.28. The van der Waals surface area contributed by atoms with Gasteiger partial charge in [-0.15, -0.1) is 11.3 Å². The number of hydrogen-bond donors (Lipinski definition) is 1. The Kier molecular flexibility index (Phi) is 2.07. The van der Waals surface area contributed by atoms with Gasteiger partial charge in [-0.2, -0.15) is 0 Å². The van der Waals surface area contributed by atoms with E-state index in [2.05, 4.69) is 16.4 Å². The van der Waals surface area contributed by atoms with E-state index in [0.717, 1.165) is 10.9 Å². The Morgan fingerprint density at radius 1 is 1.40 bits per heavy atom. The number of nitrogens with one attached hydrogen (secondary N) is 1. The lowest BCUT2D eigenvalue weighted by atomic mass is 10.1. The van der Waals surface area contributed by atoms with Crippen LogP contribution >= 0.6 is 11.3 Å². The fourth-order valence-corrected chi connectivity index (χ4v) is 2.31. The van der Waals surface area contributed by atoms with Gasteiger partial charge in [0.2, 0.25) is 0 Å². The van der Waals surface area contributed by atoms with Gasteiger partial charge in [0.25, 0.3) is 0 Å². The van der Waals surface area contributed by atoms with E-state index in [0.29, 0.717) is 6.61 Å². The van der Waals surface area contributed by atoms with Crippen LogP contribution in [-0.4, -0.2) is 11.6 Å². The van der Waals surface area contributed by atoms with Crippen molar-refractivity contribution in [3.8, 4) is 5.75 Å². The number of rotatable bonds is 2. The highest BCUT2D eigenvalue weighted by Crippen LogP contribution is 2.34. The second kappa shape index (κ2) is 3.55. The Morgan fingerprint density at radius 3 is 3.20 bits per heavy atom. The Hall–Kier alpha value is -1.55. The fourth-order valence-electron chi connectivity index (χ4n) is 1.73. The summed E-state index contributed by atoms with van der Waals surface area (Å²) in [5, 5.41) is 6.27. The molecule has 4 heteroatoms. The molecule has 3 nitrogen and oxygen atoms in total. The predicted octanol–water partition coefficient (Wildman–Crippen LogP) is 2.69. The summed E-state index contributed by atoms with van der Waals surface area (Å²) >= 11 is 1.61. The lowest BCUT2D eigenvalue weighted by Crippen LogP contribution is -2.11. The van der Waals surface area contributed by atoms with Crippen molar-refractivity contribution in [2.45, 2.75) is 6.04 Å². The Labute approximate surface area is 91.7 Å². The van der Waals surface area contributed by atoms with Gasteiger partial charge in [0, 0.05) is 17.1 Å². The van der Waals surface area contributed by atoms with Crippen LogP contribution in [0.5, 0.6) is 5.75 Å². The highest BCUT2D eigenvalue weighted by molar-refractivity contribution is 7.13. The van der Waals surface area contributed by atoms with Crippen LogP contribution in [-0.2, 0) is 0 Å². The van der Waals surface area contributed by atoms with E-state index in [1.165, 1.54) is 5.56 Å². The van der Waals surface area contributed by atoms with Crippen molar-refractivity contribution in [2.24, 2.45) is 0 Å². The minimum Gasteiger partial charge on any atom is -0.491 e. The summed E-state index contributed by atoms with van der Waals surface area (Å²) in [7, 11) is 0. The average molecular weight is 218 g/mol. The molecule has 1 unspecified atom stereocenters. The van der Waals surface area contributed by atoms with Crippen LogP contribution in [0.25, 0.3) is 0 Å². The number of ether oxygens (including phenoxy) is 1. The zero-order valence-electron chi connectivity index (χ0n) is 8.01. The molecule has 1 atom stereocenters. The standard InChI is InChI=1S/C11H10N2OS/c1-2-4-10-8(3-1)9(7-14-10)13-11-12-5-6-15-11/h1-6,9H,7H2,(H,12,13). The largest absolute Gasteiger partial charge is 0.491 e. The van der Waals surface area contributed by atoms with Crippen LogP contribution in [0.4, 0.5) is 5.13 Å². The van der Waals surface area contributed by atoms with Crippen molar-refractivity contribution < 1.29 is 4.74 Å². The first kappa shape index (κ1) is 8.73. The second-order valence-electron chi connectivity index (χ2n) is 3.38. The van der Waals surface area contributed by atoms with E-state index < -0.39 is 0 Å². The first-order chi connectivity index (χ1) is 7.43. The molecule has 0 aliphatic carbocycles.